The van der Waals surface area contributed by atoms with Crippen molar-refractivity contribution in [2.24, 2.45) is 5.92 Å². The number of benzene rings is 1. The standard InChI is InChI=1S/C20H23F2N5O/c1-13-23-20-24-15(10-19(28)27(20)25-13)12-26-9-3-4-14(11-26)7-8-16-17(21)5-2-6-18(16)22/h2,5-6,10,14H,3-4,7-9,11-12H2,1H3,(H,23,24,25). The van der Waals surface area contributed by atoms with Crippen LogP contribution < -0.4 is 5.56 Å². The van der Waals surface area contributed by atoms with Gasteiger partial charge in [0.25, 0.3) is 11.3 Å². The van der Waals surface area contributed by atoms with Gasteiger partial charge in [0.2, 0.25) is 0 Å². The van der Waals surface area contributed by atoms with E-state index in [1.54, 1.807) is 6.92 Å². The third kappa shape index (κ3) is 3.96. The molecule has 3 heterocycles. The molecule has 28 heavy (non-hydrogen) atoms. The monoisotopic (exact) mass is 387 g/mol. The lowest BCUT2D eigenvalue weighted by Crippen LogP contribution is -2.35. The number of rotatable bonds is 5. The first-order valence-corrected chi connectivity index (χ1v) is 9.60. The van der Waals surface area contributed by atoms with Crippen LogP contribution in [0.4, 0.5) is 8.78 Å². The van der Waals surface area contributed by atoms with Crippen molar-refractivity contribution >= 4 is 5.78 Å². The number of halogens is 2. The summed E-state index contributed by atoms with van der Waals surface area (Å²) < 4.78 is 29.0. The Kier molecular flexibility index (Phi) is 5.21. The number of likely N-dealkylation sites (tertiary alicyclic amines) is 1. The van der Waals surface area contributed by atoms with Gasteiger partial charge in [-0.15, -0.1) is 0 Å². The van der Waals surface area contributed by atoms with Gasteiger partial charge in [-0.05, 0) is 57.2 Å². The number of aromatic nitrogens is 4. The number of piperidine rings is 1. The van der Waals surface area contributed by atoms with Crippen LogP contribution in [0, 0.1) is 24.5 Å². The van der Waals surface area contributed by atoms with E-state index in [2.05, 4.69) is 20.0 Å². The second-order valence-electron chi connectivity index (χ2n) is 7.51. The van der Waals surface area contributed by atoms with Crippen LogP contribution in [0.3, 0.4) is 0 Å². The van der Waals surface area contributed by atoms with E-state index in [1.165, 1.54) is 28.8 Å². The first kappa shape index (κ1) is 18.7. The predicted octanol–water partition coefficient (Wildman–Crippen LogP) is 2.85. The predicted molar refractivity (Wildman–Crippen MR) is 101 cm³/mol. The Labute approximate surface area is 161 Å². The zero-order valence-corrected chi connectivity index (χ0v) is 15.8. The van der Waals surface area contributed by atoms with Crippen molar-refractivity contribution in [3.8, 4) is 0 Å². The molecule has 6 nitrogen and oxygen atoms in total. The van der Waals surface area contributed by atoms with E-state index in [4.69, 9.17) is 0 Å². The molecule has 3 aromatic rings. The molecule has 1 unspecified atom stereocenters. The molecule has 4 rings (SSSR count). The van der Waals surface area contributed by atoms with Crippen LogP contribution in [-0.4, -0.2) is 37.6 Å². The van der Waals surface area contributed by atoms with Crippen LogP contribution in [-0.2, 0) is 13.0 Å². The average Bonchev–Trinajstić information content (AvgIpc) is 3.02. The number of fused-ring (bicyclic) bond motifs is 1. The van der Waals surface area contributed by atoms with E-state index in [9.17, 15) is 13.6 Å². The first-order valence-electron chi connectivity index (χ1n) is 9.60. The number of hydrogen-bond acceptors (Lipinski definition) is 4. The van der Waals surface area contributed by atoms with Crippen LogP contribution >= 0.6 is 0 Å². The van der Waals surface area contributed by atoms with E-state index >= 15 is 0 Å². The molecule has 1 aliphatic rings. The third-order valence-corrected chi connectivity index (χ3v) is 5.35. The number of aromatic amines is 1. The third-order valence-electron chi connectivity index (χ3n) is 5.35. The van der Waals surface area contributed by atoms with E-state index < -0.39 is 11.6 Å². The fraction of sp³-hybridized carbons (Fsp3) is 0.450. The molecule has 0 amide bonds. The van der Waals surface area contributed by atoms with Gasteiger partial charge in [-0.25, -0.2) is 13.8 Å². The largest absolute Gasteiger partial charge is 0.297 e. The van der Waals surface area contributed by atoms with Gasteiger partial charge in [0.15, 0.2) is 0 Å². The smallest absolute Gasteiger partial charge is 0.274 e. The maximum atomic E-state index is 13.8. The SMILES string of the molecule is Cc1nc2nc(CN3CCCC(CCc4c(F)cccc4F)C3)cc(=O)n2[nH]1. The lowest BCUT2D eigenvalue weighted by Gasteiger charge is -2.32. The van der Waals surface area contributed by atoms with Gasteiger partial charge in [0.05, 0.1) is 5.69 Å². The highest BCUT2D eigenvalue weighted by molar-refractivity contribution is 5.27. The maximum Gasteiger partial charge on any atom is 0.274 e. The Morgan fingerprint density at radius 2 is 2.04 bits per heavy atom. The van der Waals surface area contributed by atoms with E-state index in [-0.39, 0.29) is 11.1 Å². The molecule has 0 saturated carbocycles. The summed E-state index contributed by atoms with van der Waals surface area (Å²) in [7, 11) is 0. The van der Waals surface area contributed by atoms with Gasteiger partial charge in [0, 0.05) is 24.7 Å². The summed E-state index contributed by atoms with van der Waals surface area (Å²) >= 11 is 0. The van der Waals surface area contributed by atoms with Gasteiger partial charge in [0.1, 0.15) is 17.5 Å². The highest BCUT2D eigenvalue weighted by Crippen LogP contribution is 2.24. The van der Waals surface area contributed by atoms with Crippen LogP contribution in [0.25, 0.3) is 5.78 Å². The molecule has 1 saturated heterocycles. The summed E-state index contributed by atoms with van der Waals surface area (Å²) in [4.78, 5) is 23.2. The second-order valence-corrected chi connectivity index (χ2v) is 7.51. The Hall–Kier alpha value is -2.61. The first-order chi connectivity index (χ1) is 13.5. The highest BCUT2D eigenvalue weighted by atomic mass is 19.1. The molecule has 1 atom stereocenters. The van der Waals surface area contributed by atoms with Crippen molar-refractivity contribution in [1.29, 1.82) is 0 Å². The lowest BCUT2D eigenvalue weighted by atomic mass is 9.91. The molecule has 8 heteroatoms. The molecule has 0 bridgehead atoms. The van der Waals surface area contributed by atoms with E-state index in [0.29, 0.717) is 36.2 Å². The van der Waals surface area contributed by atoms with Gasteiger partial charge >= 0.3 is 0 Å². The quantitative estimate of drug-likeness (QED) is 0.731. The number of H-pyrrole nitrogens is 1. The van der Waals surface area contributed by atoms with Crippen molar-refractivity contribution in [3.63, 3.8) is 0 Å². The topological polar surface area (TPSA) is 66.3 Å². The van der Waals surface area contributed by atoms with E-state index in [0.717, 1.165) is 32.4 Å². The number of hydrogen-bond donors (Lipinski definition) is 1. The summed E-state index contributed by atoms with van der Waals surface area (Å²) in [6.07, 6.45) is 3.20. The Morgan fingerprint density at radius 3 is 2.82 bits per heavy atom. The number of nitrogens with one attached hydrogen (secondary N) is 1. The minimum absolute atomic E-state index is 0.175. The molecule has 0 radical (unpaired) electrons. The fourth-order valence-electron chi connectivity index (χ4n) is 3.99. The van der Waals surface area contributed by atoms with Gasteiger partial charge < -0.3 is 0 Å². The lowest BCUT2D eigenvalue weighted by molar-refractivity contribution is 0.160. The van der Waals surface area contributed by atoms with Crippen LogP contribution in [0.1, 0.15) is 36.3 Å². The second kappa shape index (κ2) is 7.79. The van der Waals surface area contributed by atoms with Crippen molar-refractivity contribution < 1.29 is 8.78 Å². The highest BCUT2D eigenvalue weighted by Gasteiger charge is 2.22. The van der Waals surface area contributed by atoms with Gasteiger partial charge in [-0.2, -0.15) is 9.50 Å². The van der Waals surface area contributed by atoms with Crippen molar-refractivity contribution in [3.05, 3.63) is 63.3 Å². The summed E-state index contributed by atoms with van der Waals surface area (Å²) in [6, 6.07) is 5.54. The van der Waals surface area contributed by atoms with Crippen LogP contribution in [0.5, 0.6) is 0 Å². The Morgan fingerprint density at radius 1 is 1.25 bits per heavy atom. The zero-order chi connectivity index (χ0) is 19.7. The molecule has 2 aromatic heterocycles. The summed E-state index contributed by atoms with van der Waals surface area (Å²) in [5, 5.41) is 2.86. The summed E-state index contributed by atoms with van der Waals surface area (Å²) in [6.45, 7) is 4.10. The summed E-state index contributed by atoms with van der Waals surface area (Å²) in [5.41, 5.74) is 0.690. The number of aryl methyl sites for hydroxylation is 1. The summed E-state index contributed by atoms with van der Waals surface area (Å²) in [5.74, 6) is 0.439. The average molecular weight is 387 g/mol. The molecule has 0 aliphatic carbocycles. The molecule has 148 valence electrons. The minimum Gasteiger partial charge on any atom is -0.297 e. The van der Waals surface area contributed by atoms with Crippen molar-refractivity contribution in [2.45, 2.75) is 39.2 Å². The maximum absolute atomic E-state index is 13.8. The zero-order valence-electron chi connectivity index (χ0n) is 15.8. The number of nitrogens with zero attached hydrogens (tertiary/aromatic N) is 4. The molecular formula is C20H23F2N5O. The Balaban J connectivity index is 1.41. The molecule has 1 N–H and O–H groups in total. The van der Waals surface area contributed by atoms with Crippen molar-refractivity contribution in [1.82, 2.24) is 24.5 Å². The molecular weight excluding hydrogens is 364 g/mol. The molecule has 1 fully saturated rings. The van der Waals surface area contributed by atoms with Crippen LogP contribution in [0.15, 0.2) is 29.1 Å². The van der Waals surface area contributed by atoms with Gasteiger partial charge in [-0.3, -0.25) is 14.8 Å². The van der Waals surface area contributed by atoms with E-state index in [1.807, 2.05) is 0 Å². The molecule has 1 aromatic carbocycles. The van der Waals surface area contributed by atoms with Crippen LogP contribution in [0.2, 0.25) is 0 Å². The van der Waals surface area contributed by atoms with Gasteiger partial charge in [-0.1, -0.05) is 6.07 Å². The molecule has 1 aliphatic heterocycles. The minimum atomic E-state index is -0.472. The van der Waals surface area contributed by atoms with Crippen molar-refractivity contribution in [2.75, 3.05) is 13.1 Å². The normalized spacial score (nSPS) is 18.0. The molecule has 0 spiro atoms. The Bertz CT molecular complexity index is 1020. The fourth-order valence-corrected chi connectivity index (χ4v) is 3.99.